The Morgan fingerprint density at radius 1 is 1.36 bits per heavy atom. The van der Waals surface area contributed by atoms with E-state index >= 15 is 0 Å². The van der Waals surface area contributed by atoms with Crippen LogP contribution < -0.4 is 5.73 Å². The van der Waals surface area contributed by atoms with Gasteiger partial charge in [0.05, 0.1) is 23.7 Å². The minimum Gasteiger partial charge on any atom is -0.380 e. The third-order valence-electron chi connectivity index (χ3n) is 3.25. The van der Waals surface area contributed by atoms with Gasteiger partial charge in [-0.2, -0.15) is 18.3 Å². The number of nitrogens with two attached hydrogens (primary N) is 1. The Kier molecular flexibility index (Phi) is 5.68. The van der Waals surface area contributed by atoms with E-state index < -0.39 is 22.9 Å². The molecular formula is C15H14ClF3N4O2. The Bertz CT molecular complexity index is 788. The number of aryl methyl sites for hydroxylation is 1. The summed E-state index contributed by atoms with van der Waals surface area (Å²) in [6.45, 7) is 1.24. The molecule has 0 aliphatic heterocycles. The van der Waals surface area contributed by atoms with Crippen molar-refractivity contribution >= 4 is 23.4 Å². The predicted molar refractivity (Wildman–Crippen MR) is 84.9 cm³/mol. The number of halogens is 4. The van der Waals surface area contributed by atoms with E-state index in [2.05, 4.69) is 15.1 Å². The van der Waals surface area contributed by atoms with Gasteiger partial charge in [0.2, 0.25) is 0 Å². The smallest absolute Gasteiger partial charge is 0.380 e. The lowest BCUT2D eigenvalue weighted by Gasteiger charge is -2.04. The number of amidine groups is 1. The first-order chi connectivity index (χ1) is 11.7. The molecule has 0 bridgehead atoms. The number of rotatable bonds is 5. The maximum atomic E-state index is 12.7. The van der Waals surface area contributed by atoms with Crippen LogP contribution in [0.15, 0.2) is 35.5 Å². The van der Waals surface area contributed by atoms with Crippen molar-refractivity contribution in [1.82, 2.24) is 9.78 Å². The van der Waals surface area contributed by atoms with Crippen LogP contribution in [0.2, 0.25) is 5.02 Å². The highest BCUT2D eigenvalue weighted by molar-refractivity contribution is 6.31. The number of hydrogen-bond acceptors (Lipinski definition) is 4. The molecule has 1 aromatic carbocycles. The Labute approximate surface area is 146 Å². The van der Waals surface area contributed by atoms with Gasteiger partial charge in [-0.3, -0.25) is 4.68 Å². The molecule has 134 valence electrons. The largest absolute Gasteiger partial charge is 0.436 e. The van der Waals surface area contributed by atoms with Gasteiger partial charge in [-0.1, -0.05) is 47.1 Å². The van der Waals surface area contributed by atoms with Crippen molar-refractivity contribution in [3.05, 3.63) is 52.3 Å². The van der Waals surface area contributed by atoms with E-state index in [1.165, 1.54) is 6.92 Å². The number of oxime groups is 1. The summed E-state index contributed by atoms with van der Waals surface area (Å²) in [5.74, 6) is -0.759. The molecule has 25 heavy (non-hydrogen) atoms. The van der Waals surface area contributed by atoms with Crippen LogP contribution in [0.4, 0.5) is 13.2 Å². The minimum absolute atomic E-state index is 0.00613. The van der Waals surface area contributed by atoms with Crippen LogP contribution in [-0.2, 0) is 22.4 Å². The number of alkyl halides is 3. The van der Waals surface area contributed by atoms with Gasteiger partial charge >= 0.3 is 12.1 Å². The molecule has 6 nitrogen and oxygen atoms in total. The van der Waals surface area contributed by atoms with E-state index in [4.69, 9.17) is 17.3 Å². The molecule has 0 saturated carbocycles. The zero-order valence-electron chi connectivity index (χ0n) is 13.0. The number of hydrogen-bond donors (Lipinski definition) is 1. The fraction of sp³-hybridized carbons (Fsp3) is 0.267. The van der Waals surface area contributed by atoms with Crippen LogP contribution in [0, 0.1) is 6.92 Å². The summed E-state index contributed by atoms with van der Waals surface area (Å²) in [4.78, 5) is 16.3. The van der Waals surface area contributed by atoms with Gasteiger partial charge in [0.15, 0.2) is 11.5 Å². The molecule has 0 radical (unpaired) electrons. The highest BCUT2D eigenvalue weighted by atomic mass is 35.5. The summed E-state index contributed by atoms with van der Waals surface area (Å²) in [6, 6.07) is 8.63. The normalized spacial score (nSPS) is 12.3. The van der Waals surface area contributed by atoms with Crippen LogP contribution >= 0.6 is 11.6 Å². The molecule has 1 heterocycles. The zero-order chi connectivity index (χ0) is 18.6. The van der Waals surface area contributed by atoms with Crippen molar-refractivity contribution in [1.29, 1.82) is 0 Å². The average molecular weight is 375 g/mol. The first kappa shape index (κ1) is 18.8. The molecule has 0 atom stereocenters. The Morgan fingerprint density at radius 2 is 2.00 bits per heavy atom. The van der Waals surface area contributed by atoms with Crippen molar-refractivity contribution in [2.75, 3.05) is 0 Å². The van der Waals surface area contributed by atoms with Crippen LogP contribution in [0.25, 0.3) is 0 Å². The number of carbonyl (C=O) groups is 1. The Hall–Kier alpha value is -2.55. The van der Waals surface area contributed by atoms with Crippen molar-refractivity contribution in [2.24, 2.45) is 10.9 Å². The van der Waals surface area contributed by atoms with Gasteiger partial charge in [-0.15, -0.1) is 0 Å². The summed E-state index contributed by atoms with van der Waals surface area (Å²) in [6.07, 6.45) is -4.91. The standard InChI is InChI=1S/C15H14ClF3N4O2/c1-9-12(16)13(15(17,18)19)21-23(9)8-7-11(24)25-22-14(20)10-5-3-2-4-6-10/h2-6H,7-8H2,1H3,(H2,20,22). The summed E-state index contributed by atoms with van der Waals surface area (Å²) in [7, 11) is 0. The molecule has 0 amide bonds. The van der Waals surface area contributed by atoms with Gasteiger partial charge in [-0.25, -0.2) is 4.79 Å². The van der Waals surface area contributed by atoms with Crippen LogP contribution in [0.1, 0.15) is 23.4 Å². The molecule has 0 aliphatic rings. The van der Waals surface area contributed by atoms with E-state index in [-0.39, 0.29) is 24.5 Å². The van der Waals surface area contributed by atoms with Crippen LogP contribution in [0.3, 0.4) is 0 Å². The fourth-order valence-electron chi connectivity index (χ4n) is 1.93. The van der Waals surface area contributed by atoms with E-state index in [1.807, 2.05) is 0 Å². The SMILES string of the molecule is Cc1c(Cl)c(C(F)(F)F)nn1CCC(=O)O/N=C(\N)c1ccccc1. The average Bonchev–Trinajstić information content (AvgIpc) is 2.87. The first-order valence-corrected chi connectivity index (χ1v) is 7.46. The second-order valence-electron chi connectivity index (χ2n) is 5.02. The Morgan fingerprint density at radius 3 is 2.56 bits per heavy atom. The molecule has 10 heteroatoms. The van der Waals surface area contributed by atoms with Crippen molar-refractivity contribution in [3.63, 3.8) is 0 Å². The fourth-order valence-corrected chi connectivity index (χ4v) is 2.17. The van der Waals surface area contributed by atoms with E-state index in [9.17, 15) is 18.0 Å². The number of carbonyl (C=O) groups excluding carboxylic acids is 1. The summed E-state index contributed by atoms with van der Waals surface area (Å²) >= 11 is 5.63. The molecule has 2 aromatic rings. The van der Waals surface area contributed by atoms with Crippen molar-refractivity contribution in [2.45, 2.75) is 26.1 Å². The molecular weight excluding hydrogens is 361 g/mol. The monoisotopic (exact) mass is 374 g/mol. The quantitative estimate of drug-likeness (QED) is 0.377. The van der Waals surface area contributed by atoms with Crippen LogP contribution in [-0.4, -0.2) is 21.6 Å². The molecule has 2 rings (SSSR count). The maximum Gasteiger partial charge on any atom is 0.436 e. The zero-order valence-corrected chi connectivity index (χ0v) is 13.8. The molecule has 0 unspecified atom stereocenters. The van der Waals surface area contributed by atoms with Gasteiger partial charge in [0.25, 0.3) is 0 Å². The lowest BCUT2D eigenvalue weighted by Crippen LogP contribution is -2.16. The van der Waals surface area contributed by atoms with E-state index in [0.29, 0.717) is 5.56 Å². The molecule has 0 fully saturated rings. The number of aromatic nitrogens is 2. The Balaban J connectivity index is 1.97. The van der Waals surface area contributed by atoms with Gasteiger partial charge in [0.1, 0.15) is 0 Å². The van der Waals surface area contributed by atoms with E-state index in [1.54, 1.807) is 30.3 Å². The predicted octanol–water partition coefficient (Wildman–Crippen LogP) is 3.12. The minimum atomic E-state index is -4.66. The second kappa shape index (κ2) is 7.56. The number of nitrogens with zero attached hydrogens (tertiary/aromatic N) is 3. The highest BCUT2D eigenvalue weighted by Gasteiger charge is 2.38. The van der Waals surface area contributed by atoms with Crippen molar-refractivity contribution < 1.29 is 22.8 Å². The molecule has 0 spiro atoms. The van der Waals surface area contributed by atoms with Crippen LogP contribution in [0.5, 0.6) is 0 Å². The molecule has 0 aliphatic carbocycles. The molecule has 0 saturated heterocycles. The molecule has 1 aromatic heterocycles. The lowest BCUT2D eigenvalue weighted by molar-refractivity contribution is -0.144. The first-order valence-electron chi connectivity index (χ1n) is 7.09. The highest BCUT2D eigenvalue weighted by Crippen LogP contribution is 2.35. The van der Waals surface area contributed by atoms with E-state index in [0.717, 1.165) is 4.68 Å². The lowest BCUT2D eigenvalue weighted by atomic mass is 10.2. The molecule has 2 N–H and O–H groups in total. The van der Waals surface area contributed by atoms with Gasteiger partial charge < -0.3 is 10.6 Å². The summed E-state index contributed by atoms with van der Waals surface area (Å²) in [5.41, 5.74) is 5.14. The third kappa shape index (κ3) is 4.72. The second-order valence-corrected chi connectivity index (χ2v) is 5.40. The van der Waals surface area contributed by atoms with Gasteiger partial charge in [-0.05, 0) is 6.92 Å². The topological polar surface area (TPSA) is 82.5 Å². The number of benzene rings is 1. The van der Waals surface area contributed by atoms with Crippen molar-refractivity contribution in [3.8, 4) is 0 Å². The summed E-state index contributed by atoms with van der Waals surface area (Å²) in [5, 5.41) is 6.39. The summed E-state index contributed by atoms with van der Waals surface area (Å²) < 4.78 is 39.2. The third-order valence-corrected chi connectivity index (χ3v) is 3.70. The maximum absolute atomic E-state index is 12.7. The van der Waals surface area contributed by atoms with Gasteiger partial charge in [0, 0.05) is 5.56 Å².